The number of pyridine rings is 1. The number of benzene rings is 1. The van der Waals surface area contributed by atoms with E-state index < -0.39 is 6.04 Å². The Labute approximate surface area is 193 Å². The molecule has 0 bridgehead atoms. The summed E-state index contributed by atoms with van der Waals surface area (Å²) in [6.45, 7) is 5.91. The molecular formula is C24H31ClN2O5. The van der Waals surface area contributed by atoms with Crippen LogP contribution in [0, 0.1) is 12.8 Å². The number of nitrogens with zero attached hydrogens (tertiary/aromatic N) is 2. The molecule has 1 saturated heterocycles. The molecule has 0 saturated carbocycles. The molecule has 0 unspecified atom stereocenters. The van der Waals surface area contributed by atoms with Gasteiger partial charge in [-0.15, -0.1) is 0 Å². The summed E-state index contributed by atoms with van der Waals surface area (Å²) < 4.78 is 12.0. The predicted octanol–water partition coefficient (Wildman–Crippen LogP) is 3.53. The van der Waals surface area contributed by atoms with Crippen molar-refractivity contribution in [2.45, 2.75) is 39.3 Å². The predicted molar refractivity (Wildman–Crippen MR) is 123 cm³/mol. The van der Waals surface area contributed by atoms with E-state index in [4.69, 9.17) is 21.1 Å². The van der Waals surface area contributed by atoms with Gasteiger partial charge >= 0.3 is 5.97 Å². The minimum atomic E-state index is -0.487. The van der Waals surface area contributed by atoms with Gasteiger partial charge in [-0.3, -0.25) is 14.5 Å². The highest BCUT2D eigenvalue weighted by atomic mass is 35.5. The molecule has 1 N–H and O–H groups in total. The summed E-state index contributed by atoms with van der Waals surface area (Å²) in [5, 5.41) is 11.4. The van der Waals surface area contributed by atoms with E-state index in [0.717, 1.165) is 5.56 Å². The Morgan fingerprint density at radius 1 is 1.28 bits per heavy atom. The monoisotopic (exact) mass is 462 g/mol. The maximum absolute atomic E-state index is 13.5. The molecule has 1 aliphatic heterocycles. The molecule has 0 aliphatic carbocycles. The Balaban J connectivity index is 2.02. The molecule has 1 atom stereocenters. The lowest BCUT2D eigenvalue weighted by atomic mass is 9.91. The summed E-state index contributed by atoms with van der Waals surface area (Å²) >= 11 is 6.28. The van der Waals surface area contributed by atoms with Crippen LogP contribution in [0.5, 0.6) is 5.75 Å². The third-order valence-electron chi connectivity index (χ3n) is 5.99. The second-order valence-electron chi connectivity index (χ2n) is 8.05. The van der Waals surface area contributed by atoms with Gasteiger partial charge < -0.3 is 19.1 Å². The van der Waals surface area contributed by atoms with Crippen molar-refractivity contribution >= 4 is 17.6 Å². The topological polar surface area (TPSA) is 81.0 Å². The summed E-state index contributed by atoms with van der Waals surface area (Å²) in [4.78, 5) is 27.8. The molecule has 0 amide bonds. The minimum Gasteiger partial charge on any atom is -0.507 e. The fourth-order valence-corrected chi connectivity index (χ4v) is 4.58. The van der Waals surface area contributed by atoms with Crippen LogP contribution in [0.4, 0.5) is 0 Å². The molecular weight excluding hydrogens is 432 g/mol. The standard InChI is InChI=1S/C24H31ClN2O5/c1-4-32-24(30)17-8-10-26(11-9-17)22(18-6-5-7-19(25)15-18)21-20(28)14-16(2)27(23(21)29)12-13-31-3/h5-7,14-15,17,22,28H,4,8-13H2,1-3H3/t22-/m0/s1. The first kappa shape index (κ1) is 24.3. The summed E-state index contributed by atoms with van der Waals surface area (Å²) in [6, 6.07) is 8.48. The number of aromatic nitrogens is 1. The lowest BCUT2D eigenvalue weighted by Crippen LogP contribution is -2.42. The van der Waals surface area contributed by atoms with Crippen LogP contribution in [-0.2, 0) is 20.8 Å². The molecule has 2 heterocycles. The Morgan fingerprint density at radius 2 is 2.00 bits per heavy atom. The number of likely N-dealkylation sites (tertiary alicyclic amines) is 1. The minimum absolute atomic E-state index is 0.0429. The van der Waals surface area contributed by atoms with Gasteiger partial charge in [0.15, 0.2) is 0 Å². The summed E-state index contributed by atoms with van der Waals surface area (Å²) in [7, 11) is 1.59. The van der Waals surface area contributed by atoms with Crippen LogP contribution in [0.2, 0.25) is 5.02 Å². The molecule has 1 aromatic carbocycles. The van der Waals surface area contributed by atoms with Gasteiger partial charge in [0.2, 0.25) is 0 Å². The zero-order valence-electron chi connectivity index (χ0n) is 18.8. The van der Waals surface area contributed by atoms with E-state index in [9.17, 15) is 14.7 Å². The van der Waals surface area contributed by atoms with Crippen molar-refractivity contribution in [2.24, 2.45) is 5.92 Å². The Hall–Kier alpha value is -2.35. The van der Waals surface area contributed by atoms with E-state index in [0.29, 0.717) is 62.0 Å². The van der Waals surface area contributed by atoms with Crippen LogP contribution in [0.1, 0.15) is 42.6 Å². The van der Waals surface area contributed by atoms with Crippen LogP contribution in [0.25, 0.3) is 0 Å². The molecule has 0 spiro atoms. The third kappa shape index (κ3) is 5.34. The molecule has 1 aliphatic rings. The average molecular weight is 463 g/mol. The van der Waals surface area contributed by atoms with E-state index in [1.807, 2.05) is 18.2 Å². The van der Waals surface area contributed by atoms with E-state index in [1.165, 1.54) is 0 Å². The van der Waals surface area contributed by atoms with Crippen molar-refractivity contribution in [1.82, 2.24) is 9.47 Å². The Bertz CT molecular complexity index is 998. The second-order valence-corrected chi connectivity index (χ2v) is 8.49. The average Bonchev–Trinajstić information content (AvgIpc) is 2.77. The normalized spacial score (nSPS) is 16.1. The number of hydrogen-bond donors (Lipinski definition) is 1. The number of hydrogen-bond acceptors (Lipinski definition) is 6. The van der Waals surface area contributed by atoms with Gasteiger partial charge in [0.1, 0.15) is 5.75 Å². The van der Waals surface area contributed by atoms with Gasteiger partial charge in [-0.1, -0.05) is 23.7 Å². The first-order valence-corrected chi connectivity index (χ1v) is 11.3. The van der Waals surface area contributed by atoms with Crippen molar-refractivity contribution in [2.75, 3.05) is 33.4 Å². The zero-order chi connectivity index (χ0) is 23.3. The van der Waals surface area contributed by atoms with Gasteiger partial charge in [-0.2, -0.15) is 0 Å². The highest BCUT2D eigenvalue weighted by Gasteiger charge is 2.34. The lowest BCUT2D eigenvalue weighted by molar-refractivity contribution is -0.149. The number of halogens is 1. The Morgan fingerprint density at radius 3 is 2.62 bits per heavy atom. The number of ether oxygens (including phenoxy) is 2. The van der Waals surface area contributed by atoms with E-state index in [1.54, 1.807) is 37.7 Å². The van der Waals surface area contributed by atoms with Crippen LogP contribution in [0.15, 0.2) is 35.1 Å². The first-order valence-electron chi connectivity index (χ1n) is 11.0. The Kier molecular flexibility index (Phi) is 8.34. The van der Waals surface area contributed by atoms with E-state index in [-0.39, 0.29) is 23.2 Å². The molecule has 2 aromatic rings. The number of carbonyl (C=O) groups excluding carboxylic acids is 1. The fourth-order valence-electron chi connectivity index (χ4n) is 4.38. The van der Waals surface area contributed by atoms with Crippen LogP contribution in [-0.4, -0.2) is 54.0 Å². The SMILES string of the molecule is CCOC(=O)C1CCN([C@@H](c2cccc(Cl)c2)c2c(O)cc(C)n(CCOC)c2=O)CC1. The fraction of sp³-hybridized carbons (Fsp3) is 0.500. The van der Waals surface area contributed by atoms with Crippen molar-refractivity contribution in [1.29, 1.82) is 0 Å². The lowest BCUT2D eigenvalue weighted by Gasteiger charge is -2.37. The zero-order valence-corrected chi connectivity index (χ0v) is 19.6. The van der Waals surface area contributed by atoms with Crippen molar-refractivity contribution in [3.8, 4) is 5.75 Å². The molecule has 0 radical (unpaired) electrons. The largest absolute Gasteiger partial charge is 0.507 e. The maximum atomic E-state index is 13.5. The summed E-state index contributed by atoms with van der Waals surface area (Å²) in [6.07, 6.45) is 1.25. The highest BCUT2D eigenvalue weighted by molar-refractivity contribution is 6.30. The number of aryl methyl sites for hydroxylation is 1. The van der Waals surface area contributed by atoms with Crippen LogP contribution in [0.3, 0.4) is 0 Å². The van der Waals surface area contributed by atoms with Crippen LogP contribution >= 0.6 is 11.6 Å². The summed E-state index contributed by atoms with van der Waals surface area (Å²) in [5.74, 6) is -0.374. The number of methoxy groups -OCH3 is 1. The molecule has 174 valence electrons. The number of piperidine rings is 1. The van der Waals surface area contributed by atoms with Gasteiger partial charge in [0.05, 0.1) is 30.7 Å². The molecule has 3 rings (SSSR count). The molecule has 32 heavy (non-hydrogen) atoms. The van der Waals surface area contributed by atoms with Crippen molar-refractivity contribution in [3.05, 3.63) is 62.5 Å². The summed E-state index contributed by atoms with van der Waals surface area (Å²) in [5.41, 5.74) is 1.54. The third-order valence-corrected chi connectivity index (χ3v) is 6.23. The van der Waals surface area contributed by atoms with Gasteiger partial charge in [-0.25, -0.2) is 0 Å². The van der Waals surface area contributed by atoms with Gasteiger partial charge in [0, 0.05) is 24.4 Å². The van der Waals surface area contributed by atoms with Gasteiger partial charge in [-0.05, 0) is 63.5 Å². The highest BCUT2D eigenvalue weighted by Crippen LogP contribution is 2.36. The smallest absolute Gasteiger partial charge is 0.309 e. The molecule has 8 heteroatoms. The number of carbonyl (C=O) groups is 1. The molecule has 1 fully saturated rings. The van der Waals surface area contributed by atoms with Crippen LogP contribution < -0.4 is 5.56 Å². The number of rotatable bonds is 8. The quantitative estimate of drug-likeness (QED) is 0.604. The molecule has 1 aromatic heterocycles. The maximum Gasteiger partial charge on any atom is 0.309 e. The van der Waals surface area contributed by atoms with Crippen molar-refractivity contribution < 1.29 is 19.4 Å². The van der Waals surface area contributed by atoms with Gasteiger partial charge in [0.25, 0.3) is 5.56 Å². The van der Waals surface area contributed by atoms with E-state index >= 15 is 0 Å². The first-order chi connectivity index (χ1) is 15.4. The molecule has 7 nitrogen and oxygen atoms in total. The number of aromatic hydroxyl groups is 1. The number of esters is 1. The second kappa shape index (κ2) is 11.0. The van der Waals surface area contributed by atoms with Crippen molar-refractivity contribution in [3.63, 3.8) is 0 Å². The van der Waals surface area contributed by atoms with E-state index in [2.05, 4.69) is 4.90 Å².